The second-order valence-electron chi connectivity index (χ2n) is 2.60. The van der Waals surface area contributed by atoms with Crippen molar-refractivity contribution in [2.75, 3.05) is 5.33 Å². The second-order valence-corrected chi connectivity index (χ2v) is 5.32. The van der Waals surface area contributed by atoms with Crippen LogP contribution >= 0.6 is 39.3 Å². The third-order valence-corrected chi connectivity index (χ3v) is 3.22. The molecule has 0 saturated carbocycles. The molecule has 0 amide bonds. The molecule has 0 aromatic carbocycles. The number of aldehydes is 1. The summed E-state index contributed by atoms with van der Waals surface area (Å²) in [6, 6.07) is 0. The number of thioether (sulfide) groups is 1. The van der Waals surface area contributed by atoms with Crippen molar-refractivity contribution >= 4 is 56.5 Å². The van der Waals surface area contributed by atoms with Gasteiger partial charge in [-0.1, -0.05) is 27.7 Å². The molecule has 0 rings (SSSR count). The number of rotatable bonds is 6. The Balaban J connectivity index is 4.11. The van der Waals surface area contributed by atoms with Crippen LogP contribution in [0.4, 0.5) is 0 Å². The molecular formula is C8H10BrClO3S. The van der Waals surface area contributed by atoms with E-state index in [9.17, 15) is 14.4 Å². The van der Waals surface area contributed by atoms with Crippen molar-refractivity contribution < 1.29 is 14.4 Å². The molecule has 0 N–H and O–H groups in total. The van der Waals surface area contributed by atoms with E-state index in [2.05, 4.69) is 15.9 Å². The van der Waals surface area contributed by atoms with Gasteiger partial charge in [-0.05, 0) is 6.42 Å². The van der Waals surface area contributed by atoms with Gasteiger partial charge in [0.2, 0.25) is 0 Å². The predicted molar refractivity (Wildman–Crippen MR) is 60.9 cm³/mol. The first-order valence-electron chi connectivity index (χ1n) is 3.86. The Labute approximate surface area is 100 Å². The topological polar surface area (TPSA) is 51.2 Å². The summed E-state index contributed by atoms with van der Waals surface area (Å²) in [5, 5.41) is 0.00559. The van der Waals surface area contributed by atoms with Crippen LogP contribution in [0.3, 0.4) is 0 Å². The largest absolute Gasteiger partial charge is 0.303 e. The molecule has 0 bridgehead atoms. The number of hydrogen-bond acceptors (Lipinski definition) is 4. The van der Waals surface area contributed by atoms with Crippen LogP contribution < -0.4 is 0 Å². The summed E-state index contributed by atoms with van der Waals surface area (Å²) < 4.78 is -0.523. The van der Waals surface area contributed by atoms with Gasteiger partial charge < -0.3 is 4.79 Å². The zero-order valence-electron chi connectivity index (χ0n) is 7.54. The van der Waals surface area contributed by atoms with Gasteiger partial charge in [-0.3, -0.25) is 9.59 Å². The van der Waals surface area contributed by atoms with E-state index >= 15 is 0 Å². The maximum absolute atomic E-state index is 11.1. The van der Waals surface area contributed by atoms with Crippen LogP contribution in [0, 0.1) is 5.92 Å². The highest BCUT2D eigenvalue weighted by molar-refractivity contribution is 9.09. The monoisotopic (exact) mass is 300 g/mol. The van der Waals surface area contributed by atoms with Crippen molar-refractivity contribution in [3.63, 3.8) is 0 Å². The van der Waals surface area contributed by atoms with E-state index in [1.54, 1.807) is 0 Å². The van der Waals surface area contributed by atoms with E-state index in [0.717, 1.165) is 11.8 Å². The molecule has 2 atom stereocenters. The molecule has 2 unspecified atom stereocenters. The van der Waals surface area contributed by atoms with Crippen molar-refractivity contribution in [3.8, 4) is 0 Å². The van der Waals surface area contributed by atoms with Crippen LogP contribution in [0.15, 0.2) is 0 Å². The fourth-order valence-electron chi connectivity index (χ4n) is 0.790. The van der Waals surface area contributed by atoms with E-state index < -0.39 is 10.6 Å². The van der Waals surface area contributed by atoms with Crippen LogP contribution in [0.5, 0.6) is 0 Å². The van der Waals surface area contributed by atoms with Crippen molar-refractivity contribution in [1.29, 1.82) is 0 Å². The molecule has 0 aromatic heterocycles. The highest BCUT2D eigenvalue weighted by atomic mass is 79.9. The Hall–Kier alpha value is 0.130. The van der Waals surface area contributed by atoms with Crippen molar-refractivity contribution in [3.05, 3.63) is 0 Å². The quantitative estimate of drug-likeness (QED) is 0.428. The maximum Gasteiger partial charge on any atom is 0.187 e. The summed E-state index contributed by atoms with van der Waals surface area (Å²) in [6.45, 7) is 1.39. The van der Waals surface area contributed by atoms with Gasteiger partial charge in [0.05, 0.1) is 16.0 Å². The summed E-state index contributed by atoms with van der Waals surface area (Å²) in [5.74, 6) is -0.932. The molecule has 0 aliphatic heterocycles. The molecule has 0 saturated heterocycles. The molecule has 80 valence electrons. The van der Waals surface area contributed by atoms with E-state index in [1.165, 1.54) is 6.92 Å². The Morgan fingerprint density at radius 3 is 2.50 bits per heavy atom. The lowest BCUT2D eigenvalue weighted by atomic mass is 10.0. The van der Waals surface area contributed by atoms with Crippen molar-refractivity contribution in [1.82, 2.24) is 0 Å². The Morgan fingerprint density at radius 1 is 1.57 bits per heavy atom. The number of hydrogen-bond donors (Lipinski definition) is 0. The van der Waals surface area contributed by atoms with Gasteiger partial charge in [0, 0.05) is 6.92 Å². The van der Waals surface area contributed by atoms with E-state index in [-0.39, 0.29) is 22.6 Å². The number of halogens is 2. The number of ketones is 1. The smallest absolute Gasteiger partial charge is 0.187 e. The molecule has 0 spiro atoms. The molecule has 14 heavy (non-hydrogen) atoms. The van der Waals surface area contributed by atoms with E-state index in [0.29, 0.717) is 6.29 Å². The van der Waals surface area contributed by atoms with E-state index in [1.807, 2.05) is 0 Å². The molecule has 0 heterocycles. The zero-order chi connectivity index (χ0) is 11.1. The average molecular weight is 302 g/mol. The molecule has 3 nitrogen and oxygen atoms in total. The second kappa shape index (κ2) is 7.43. The molecule has 0 fully saturated rings. The molecular weight excluding hydrogens is 292 g/mol. The highest BCUT2D eigenvalue weighted by Gasteiger charge is 2.21. The van der Waals surface area contributed by atoms with Crippen molar-refractivity contribution in [2.24, 2.45) is 5.92 Å². The minimum absolute atomic E-state index is 0.124. The molecule has 0 aromatic rings. The third kappa shape index (κ3) is 5.78. The molecule has 6 heteroatoms. The minimum Gasteiger partial charge on any atom is -0.303 e. The van der Waals surface area contributed by atoms with Gasteiger partial charge in [0.25, 0.3) is 0 Å². The lowest BCUT2D eigenvalue weighted by Crippen LogP contribution is -2.20. The Bertz CT molecular complexity index is 235. The van der Waals surface area contributed by atoms with Crippen molar-refractivity contribution in [2.45, 2.75) is 18.1 Å². The van der Waals surface area contributed by atoms with Crippen LogP contribution in [0.1, 0.15) is 13.3 Å². The highest BCUT2D eigenvalue weighted by Crippen LogP contribution is 2.23. The number of carbonyl (C=O) groups is 3. The lowest BCUT2D eigenvalue weighted by Gasteiger charge is -2.10. The molecule has 0 aliphatic rings. The number of Topliss-reactive ketones (excluding diaryl/α,β-unsaturated/α-hetero) is 1. The standard InChI is InChI=1S/C8H10BrClO3S/c1-5(12)14-8(10)2-6(4-11)7(13)3-9/h4,6,8H,2-3H2,1H3. The van der Waals surface area contributed by atoms with Gasteiger partial charge in [0.15, 0.2) is 10.9 Å². The van der Waals surface area contributed by atoms with Gasteiger partial charge >= 0.3 is 0 Å². The first-order chi connectivity index (χ1) is 6.51. The average Bonchev–Trinajstić information content (AvgIpc) is 2.11. The number of alkyl halides is 2. The maximum atomic E-state index is 11.1. The van der Waals surface area contributed by atoms with Crippen LogP contribution in [0.25, 0.3) is 0 Å². The third-order valence-electron chi connectivity index (χ3n) is 1.44. The fraction of sp³-hybridized carbons (Fsp3) is 0.625. The summed E-state index contributed by atoms with van der Waals surface area (Å²) >= 11 is 9.66. The van der Waals surface area contributed by atoms with Crippen LogP contribution in [-0.4, -0.2) is 27.2 Å². The predicted octanol–water partition coefficient (Wildman–Crippen LogP) is 2.00. The molecule has 0 aliphatic carbocycles. The normalized spacial score (nSPS) is 14.5. The summed E-state index contributed by atoms with van der Waals surface area (Å²) in [5.41, 5.74) is 0. The van der Waals surface area contributed by atoms with Crippen LogP contribution in [-0.2, 0) is 14.4 Å². The van der Waals surface area contributed by atoms with Gasteiger partial charge in [0.1, 0.15) is 6.29 Å². The van der Waals surface area contributed by atoms with Gasteiger partial charge in [-0.2, -0.15) is 0 Å². The Kier molecular flexibility index (Phi) is 7.49. The molecule has 0 radical (unpaired) electrons. The lowest BCUT2D eigenvalue weighted by molar-refractivity contribution is -0.125. The van der Waals surface area contributed by atoms with Crippen LogP contribution in [0.2, 0.25) is 0 Å². The first-order valence-corrected chi connectivity index (χ1v) is 6.30. The summed E-state index contributed by atoms with van der Waals surface area (Å²) in [7, 11) is 0. The summed E-state index contributed by atoms with van der Waals surface area (Å²) in [4.78, 5) is 32.3. The zero-order valence-corrected chi connectivity index (χ0v) is 10.7. The summed E-state index contributed by atoms with van der Waals surface area (Å²) in [6.07, 6.45) is 0.763. The van der Waals surface area contributed by atoms with E-state index in [4.69, 9.17) is 11.6 Å². The minimum atomic E-state index is -0.719. The van der Waals surface area contributed by atoms with Gasteiger partial charge in [-0.25, -0.2) is 0 Å². The van der Waals surface area contributed by atoms with Gasteiger partial charge in [-0.15, -0.1) is 11.6 Å². The first kappa shape index (κ1) is 14.1. The number of carbonyl (C=O) groups excluding carboxylic acids is 3. The SMILES string of the molecule is CC(=O)SC(Cl)CC(C=O)C(=O)CBr. The fourth-order valence-corrected chi connectivity index (χ4v) is 2.44. The Morgan fingerprint density at radius 2 is 2.14 bits per heavy atom.